The first kappa shape index (κ1) is 16.3. The van der Waals surface area contributed by atoms with Crippen LogP contribution in [0.5, 0.6) is 0 Å². The summed E-state index contributed by atoms with van der Waals surface area (Å²) in [5, 5.41) is 3.93. The zero-order chi connectivity index (χ0) is 16.8. The van der Waals surface area contributed by atoms with Crippen LogP contribution < -0.4 is 5.32 Å². The predicted molar refractivity (Wildman–Crippen MR) is 101 cm³/mol. The molecule has 0 radical (unpaired) electrons. The lowest BCUT2D eigenvalue weighted by molar-refractivity contribution is 0.0986. The molecule has 0 aliphatic carbocycles. The van der Waals surface area contributed by atoms with Gasteiger partial charge in [0.2, 0.25) is 0 Å². The van der Waals surface area contributed by atoms with Crippen LogP contribution in [-0.4, -0.2) is 12.3 Å². The van der Waals surface area contributed by atoms with E-state index in [0.29, 0.717) is 18.0 Å². The molecule has 0 saturated carbocycles. The van der Waals surface area contributed by atoms with E-state index >= 15 is 0 Å². The average molecular weight is 336 g/mol. The number of carbonyl (C=O) groups is 1. The minimum Gasteiger partial charge on any atom is -0.385 e. The zero-order valence-electron chi connectivity index (χ0n) is 13.2. The van der Waals surface area contributed by atoms with Gasteiger partial charge in [0.25, 0.3) is 0 Å². The van der Waals surface area contributed by atoms with Gasteiger partial charge in [-0.15, -0.1) is 0 Å². The van der Waals surface area contributed by atoms with Crippen molar-refractivity contribution in [2.24, 2.45) is 0 Å². The number of hydrogen-bond donors (Lipinski definition) is 1. The van der Waals surface area contributed by atoms with E-state index in [0.717, 1.165) is 22.4 Å². The molecule has 0 atom stereocenters. The van der Waals surface area contributed by atoms with Gasteiger partial charge in [-0.05, 0) is 35.4 Å². The molecule has 3 rings (SSSR count). The number of Topliss-reactive ketones (excluding diaryl/α,β-unsaturated/α-hetero) is 1. The molecule has 3 aromatic carbocycles. The molecule has 0 saturated heterocycles. The van der Waals surface area contributed by atoms with Crippen molar-refractivity contribution in [2.75, 3.05) is 11.9 Å². The summed E-state index contributed by atoms with van der Waals surface area (Å²) in [6.45, 7) is 0.598. The summed E-state index contributed by atoms with van der Waals surface area (Å²) >= 11 is 5.85. The lowest BCUT2D eigenvalue weighted by Gasteiger charge is -2.07. The van der Waals surface area contributed by atoms with Crippen molar-refractivity contribution in [2.45, 2.75) is 6.42 Å². The number of halogens is 1. The highest BCUT2D eigenvalue weighted by molar-refractivity contribution is 6.30. The molecule has 0 aromatic heterocycles. The molecule has 2 nitrogen and oxygen atoms in total. The average Bonchev–Trinajstić information content (AvgIpc) is 2.64. The number of ketones is 1. The van der Waals surface area contributed by atoms with E-state index in [-0.39, 0.29) is 5.78 Å². The van der Waals surface area contributed by atoms with Gasteiger partial charge >= 0.3 is 0 Å². The molecule has 0 aliphatic heterocycles. The van der Waals surface area contributed by atoms with Gasteiger partial charge in [-0.25, -0.2) is 0 Å². The van der Waals surface area contributed by atoms with E-state index in [2.05, 4.69) is 17.4 Å². The molecule has 3 heteroatoms. The minimum atomic E-state index is 0.135. The smallest absolute Gasteiger partial charge is 0.164 e. The van der Waals surface area contributed by atoms with E-state index in [1.807, 2.05) is 66.7 Å². The van der Waals surface area contributed by atoms with Crippen molar-refractivity contribution in [3.63, 3.8) is 0 Å². The standard InChI is InChI=1S/C21H18ClNO/c22-19-10-12-20(13-11-19)23-15-14-21(24)18-8-6-17(7-9-18)16-4-2-1-3-5-16/h1-13,23H,14-15H2. The van der Waals surface area contributed by atoms with Crippen LogP contribution >= 0.6 is 11.6 Å². The second-order valence-electron chi connectivity index (χ2n) is 5.55. The molecule has 0 spiro atoms. The van der Waals surface area contributed by atoms with Crippen molar-refractivity contribution < 1.29 is 4.79 Å². The van der Waals surface area contributed by atoms with E-state index in [1.165, 1.54) is 0 Å². The van der Waals surface area contributed by atoms with Crippen LogP contribution in [0.4, 0.5) is 5.69 Å². The maximum absolute atomic E-state index is 12.3. The van der Waals surface area contributed by atoms with Crippen molar-refractivity contribution in [3.05, 3.63) is 89.4 Å². The van der Waals surface area contributed by atoms with E-state index < -0.39 is 0 Å². The van der Waals surface area contributed by atoms with Gasteiger partial charge in [0.1, 0.15) is 0 Å². The van der Waals surface area contributed by atoms with Gasteiger partial charge in [-0.3, -0.25) is 4.79 Å². The lowest BCUT2D eigenvalue weighted by Crippen LogP contribution is -2.08. The number of anilines is 1. The Morgan fingerprint density at radius 1 is 0.792 bits per heavy atom. The fraction of sp³-hybridized carbons (Fsp3) is 0.0952. The molecule has 0 bridgehead atoms. The highest BCUT2D eigenvalue weighted by Gasteiger charge is 2.06. The number of carbonyl (C=O) groups excluding carboxylic acids is 1. The fourth-order valence-electron chi connectivity index (χ4n) is 2.51. The van der Waals surface area contributed by atoms with Crippen LogP contribution in [0.2, 0.25) is 5.02 Å². The molecule has 1 N–H and O–H groups in total. The summed E-state index contributed by atoms with van der Waals surface area (Å²) < 4.78 is 0. The largest absolute Gasteiger partial charge is 0.385 e. The Morgan fingerprint density at radius 3 is 2.08 bits per heavy atom. The molecule has 0 heterocycles. The van der Waals surface area contributed by atoms with Crippen molar-refractivity contribution in [1.82, 2.24) is 0 Å². The normalized spacial score (nSPS) is 10.4. The third-order valence-corrected chi connectivity index (χ3v) is 4.09. The highest BCUT2D eigenvalue weighted by atomic mass is 35.5. The van der Waals surface area contributed by atoms with Crippen molar-refractivity contribution in [1.29, 1.82) is 0 Å². The number of nitrogens with one attached hydrogen (secondary N) is 1. The van der Waals surface area contributed by atoms with E-state index in [9.17, 15) is 4.79 Å². The summed E-state index contributed by atoms with van der Waals surface area (Å²) in [5.74, 6) is 0.135. The molecule has 24 heavy (non-hydrogen) atoms. The third kappa shape index (κ3) is 4.24. The van der Waals surface area contributed by atoms with Crippen LogP contribution in [0.3, 0.4) is 0 Å². The summed E-state index contributed by atoms with van der Waals surface area (Å²) in [4.78, 5) is 12.3. The number of benzene rings is 3. The molecule has 0 fully saturated rings. The molecule has 3 aromatic rings. The highest BCUT2D eigenvalue weighted by Crippen LogP contribution is 2.20. The molecular weight excluding hydrogens is 318 g/mol. The molecule has 0 aliphatic rings. The number of hydrogen-bond acceptors (Lipinski definition) is 2. The monoisotopic (exact) mass is 335 g/mol. The third-order valence-electron chi connectivity index (χ3n) is 3.84. The number of rotatable bonds is 6. The second-order valence-corrected chi connectivity index (χ2v) is 5.99. The van der Waals surface area contributed by atoms with Gasteiger partial charge in [0.05, 0.1) is 0 Å². The summed E-state index contributed by atoms with van der Waals surface area (Å²) in [6, 6.07) is 25.4. The Morgan fingerprint density at radius 2 is 1.42 bits per heavy atom. The van der Waals surface area contributed by atoms with Gasteiger partial charge in [0.15, 0.2) is 5.78 Å². The van der Waals surface area contributed by atoms with Crippen molar-refractivity contribution >= 4 is 23.1 Å². The van der Waals surface area contributed by atoms with E-state index in [4.69, 9.17) is 11.6 Å². The lowest BCUT2D eigenvalue weighted by atomic mass is 10.0. The Bertz CT molecular complexity index is 796. The van der Waals surface area contributed by atoms with Crippen LogP contribution in [0.1, 0.15) is 16.8 Å². The molecule has 120 valence electrons. The first-order valence-corrected chi connectivity index (χ1v) is 8.28. The summed E-state index contributed by atoms with van der Waals surface area (Å²) in [7, 11) is 0. The van der Waals surface area contributed by atoms with Crippen LogP contribution in [-0.2, 0) is 0 Å². The van der Waals surface area contributed by atoms with Crippen molar-refractivity contribution in [3.8, 4) is 11.1 Å². The fourth-order valence-corrected chi connectivity index (χ4v) is 2.64. The Balaban J connectivity index is 1.56. The molecule has 0 amide bonds. The van der Waals surface area contributed by atoms with Crippen LogP contribution in [0, 0.1) is 0 Å². The van der Waals surface area contributed by atoms with Crippen LogP contribution in [0.15, 0.2) is 78.9 Å². The summed E-state index contributed by atoms with van der Waals surface area (Å²) in [6.07, 6.45) is 0.452. The van der Waals surface area contributed by atoms with Gasteiger partial charge < -0.3 is 5.32 Å². The Labute approximate surface area is 147 Å². The first-order valence-electron chi connectivity index (χ1n) is 7.90. The minimum absolute atomic E-state index is 0.135. The molecule has 0 unspecified atom stereocenters. The second kappa shape index (κ2) is 7.80. The maximum Gasteiger partial charge on any atom is 0.164 e. The zero-order valence-corrected chi connectivity index (χ0v) is 14.0. The van der Waals surface area contributed by atoms with Crippen LogP contribution in [0.25, 0.3) is 11.1 Å². The maximum atomic E-state index is 12.3. The van der Waals surface area contributed by atoms with Gasteiger partial charge in [-0.1, -0.05) is 66.2 Å². The SMILES string of the molecule is O=C(CCNc1ccc(Cl)cc1)c1ccc(-c2ccccc2)cc1. The Hall–Kier alpha value is -2.58. The van der Waals surface area contributed by atoms with Gasteiger partial charge in [0, 0.05) is 29.2 Å². The first-order chi connectivity index (χ1) is 11.7. The predicted octanol–water partition coefficient (Wildman–Crippen LogP) is 5.69. The van der Waals surface area contributed by atoms with E-state index in [1.54, 1.807) is 0 Å². The Kier molecular flexibility index (Phi) is 5.29. The molecular formula is C21H18ClNO. The topological polar surface area (TPSA) is 29.1 Å². The summed E-state index contributed by atoms with van der Waals surface area (Å²) in [5.41, 5.74) is 3.98. The quantitative estimate of drug-likeness (QED) is 0.586. The van der Waals surface area contributed by atoms with Gasteiger partial charge in [-0.2, -0.15) is 0 Å².